The molecular formula is C16H19NO2. The van der Waals surface area contributed by atoms with E-state index in [9.17, 15) is 4.79 Å². The Kier molecular flexibility index (Phi) is 3.28. The summed E-state index contributed by atoms with van der Waals surface area (Å²) in [7, 11) is 1.68. The zero-order chi connectivity index (χ0) is 13.2. The molecule has 3 rings (SSSR count). The second kappa shape index (κ2) is 5.08. The number of rotatable bonds is 2. The number of nitrogens with one attached hydrogen (secondary N) is 1. The molecule has 3 heteroatoms. The quantitative estimate of drug-likeness (QED) is 0.832. The van der Waals surface area contributed by atoms with Crippen LogP contribution in [0.15, 0.2) is 24.4 Å². The molecule has 1 heterocycles. The van der Waals surface area contributed by atoms with E-state index < -0.39 is 0 Å². The molecule has 1 fully saturated rings. The molecule has 0 aliphatic heterocycles. The van der Waals surface area contributed by atoms with E-state index in [1.54, 1.807) is 7.11 Å². The van der Waals surface area contributed by atoms with Crippen LogP contribution in [0.4, 0.5) is 0 Å². The van der Waals surface area contributed by atoms with Gasteiger partial charge in [-0.15, -0.1) is 0 Å². The van der Waals surface area contributed by atoms with E-state index in [1.165, 1.54) is 10.9 Å². The summed E-state index contributed by atoms with van der Waals surface area (Å²) < 4.78 is 5.30. The van der Waals surface area contributed by atoms with Gasteiger partial charge in [-0.3, -0.25) is 4.79 Å². The van der Waals surface area contributed by atoms with Crippen LogP contribution in [0.1, 0.15) is 43.6 Å². The van der Waals surface area contributed by atoms with Crippen molar-refractivity contribution in [3.05, 3.63) is 30.0 Å². The number of ether oxygens (including phenoxy) is 1. The highest BCUT2D eigenvalue weighted by molar-refractivity contribution is 5.86. The molecule has 1 unspecified atom stereocenters. The summed E-state index contributed by atoms with van der Waals surface area (Å²) in [5.41, 5.74) is 2.39. The van der Waals surface area contributed by atoms with Gasteiger partial charge in [0.15, 0.2) is 0 Å². The van der Waals surface area contributed by atoms with E-state index in [4.69, 9.17) is 4.74 Å². The van der Waals surface area contributed by atoms with Gasteiger partial charge in [0.1, 0.15) is 11.5 Å². The summed E-state index contributed by atoms with van der Waals surface area (Å²) in [6, 6.07) is 6.06. The maximum atomic E-state index is 11.8. The van der Waals surface area contributed by atoms with Gasteiger partial charge in [0.2, 0.25) is 0 Å². The zero-order valence-electron chi connectivity index (χ0n) is 11.2. The van der Waals surface area contributed by atoms with E-state index in [-0.39, 0.29) is 0 Å². The molecule has 0 saturated heterocycles. The van der Waals surface area contributed by atoms with Gasteiger partial charge in [0, 0.05) is 29.9 Å². The first-order valence-electron chi connectivity index (χ1n) is 6.94. The summed E-state index contributed by atoms with van der Waals surface area (Å²) in [6.45, 7) is 0. The van der Waals surface area contributed by atoms with E-state index in [2.05, 4.69) is 17.2 Å². The molecule has 0 radical (unpaired) electrons. The van der Waals surface area contributed by atoms with Crippen molar-refractivity contribution in [3.8, 4) is 5.75 Å². The van der Waals surface area contributed by atoms with Crippen LogP contribution in [0, 0.1) is 0 Å². The van der Waals surface area contributed by atoms with Crippen LogP contribution in [0.5, 0.6) is 5.75 Å². The van der Waals surface area contributed by atoms with E-state index in [0.29, 0.717) is 18.1 Å². The van der Waals surface area contributed by atoms with Gasteiger partial charge in [-0.05, 0) is 42.5 Å². The van der Waals surface area contributed by atoms with Gasteiger partial charge >= 0.3 is 0 Å². The summed E-state index contributed by atoms with van der Waals surface area (Å²) in [6.07, 6.45) is 6.80. The van der Waals surface area contributed by atoms with Crippen molar-refractivity contribution < 1.29 is 9.53 Å². The normalized spacial score (nSPS) is 20.5. The number of aromatic nitrogens is 1. The smallest absolute Gasteiger partial charge is 0.133 e. The Balaban J connectivity index is 2.01. The molecule has 1 aromatic heterocycles. The molecule has 19 heavy (non-hydrogen) atoms. The average Bonchev–Trinajstić information content (AvgIpc) is 2.73. The van der Waals surface area contributed by atoms with Gasteiger partial charge < -0.3 is 9.72 Å². The minimum absolute atomic E-state index is 0.357. The first-order valence-corrected chi connectivity index (χ1v) is 6.94. The van der Waals surface area contributed by atoms with E-state index >= 15 is 0 Å². The Bertz CT molecular complexity index is 600. The Morgan fingerprint density at radius 1 is 1.32 bits per heavy atom. The third kappa shape index (κ3) is 2.37. The second-order valence-electron chi connectivity index (χ2n) is 5.34. The maximum Gasteiger partial charge on any atom is 0.133 e. The van der Waals surface area contributed by atoms with Crippen LogP contribution in [0.2, 0.25) is 0 Å². The minimum atomic E-state index is 0.357. The van der Waals surface area contributed by atoms with Crippen molar-refractivity contribution in [3.63, 3.8) is 0 Å². The number of H-pyrrole nitrogens is 1. The Hall–Kier alpha value is -1.77. The van der Waals surface area contributed by atoms with Crippen molar-refractivity contribution in [2.45, 2.75) is 38.0 Å². The van der Waals surface area contributed by atoms with Crippen molar-refractivity contribution in [1.29, 1.82) is 0 Å². The van der Waals surface area contributed by atoms with Crippen molar-refractivity contribution >= 4 is 16.7 Å². The molecule has 2 aromatic rings. The minimum Gasteiger partial charge on any atom is -0.497 e. The van der Waals surface area contributed by atoms with Crippen LogP contribution in [-0.2, 0) is 4.79 Å². The predicted octanol–water partition coefficient (Wildman–Crippen LogP) is 3.79. The number of Topliss-reactive ketones (excluding diaryl/α,β-unsaturated/α-hetero) is 1. The lowest BCUT2D eigenvalue weighted by molar-refractivity contribution is -0.119. The molecule has 3 nitrogen and oxygen atoms in total. The lowest BCUT2D eigenvalue weighted by Gasteiger charge is -2.12. The highest BCUT2D eigenvalue weighted by atomic mass is 16.5. The number of benzene rings is 1. The topological polar surface area (TPSA) is 42.1 Å². The van der Waals surface area contributed by atoms with Crippen LogP contribution in [-0.4, -0.2) is 17.9 Å². The third-order valence-corrected chi connectivity index (χ3v) is 4.09. The number of methoxy groups -OCH3 is 1. The molecule has 1 aliphatic carbocycles. The molecule has 1 aromatic carbocycles. The standard InChI is InChI=1S/C16H19NO2/c1-19-13-6-7-16-14(9-13)15(10-17-16)11-4-2-3-5-12(18)8-11/h6-7,9-11,17H,2-5,8H2,1H3. The first kappa shape index (κ1) is 12.3. The molecule has 1 saturated carbocycles. The van der Waals surface area contributed by atoms with Crippen molar-refractivity contribution in [2.75, 3.05) is 7.11 Å². The highest BCUT2D eigenvalue weighted by Crippen LogP contribution is 2.35. The third-order valence-electron chi connectivity index (χ3n) is 4.09. The Morgan fingerprint density at radius 3 is 3.05 bits per heavy atom. The van der Waals surface area contributed by atoms with Crippen LogP contribution in [0.25, 0.3) is 10.9 Å². The van der Waals surface area contributed by atoms with Gasteiger partial charge in [0.25, 0.3) is 0 Å². The Morgan fingerprint density at radius 2 is 2.21 bits per heavy atom. The fourth-order valence-corrected chi connectivity index (χ4v) is 3.04. The number of hydrogen-bond donors (Lipinski definition) is 1. The number of carbonyl (C=O) groups excluding carboxylic acids is 1. The second-order valence-corrected chi connectivity index (χ2v) is 5.34. The van der Waals surface area contributed by atoms with Gasteiger partial charge in [-0.25, -0.2) is 0 Å². The maximum absolute atomic E-state index is 11.8. The molecular weight excluding hydrogens is 238 g/mol. The number of fused-ring (bicyclic) bond motifs is 1. The molecule has 1 N–H and O–H groups in total. The lowest BCUT2D eigenvalue weighted by atomic mass is 9.91. The van der Waals surface area contributed by atoms with E-state index in [0.717, 1.165) is 36.9 Å². The molecule has 0 bridgehead atoms. The number of carbonyl (C=O) groups is 1. The van der Waals surface area contributed by atoms with Gasteiger partial charge in [-0.1, -0.05) is 6.42 Å². The van der Waals surface area contributed by atoms with Crippen molar-refractivity contribution in [1.82, 2.24) is 4.98 Å². The van der Waals surface area contributed by atoms with Gasteiger partial charge in [-0.2, -0.15) is 0 Å². The largest absolute Gasteiger partial charge is 0.497 e. The summed E-state index contributed by atoms with van der Waals surface area (Å²) in [5.74, 6) is 1.63. The van der Waals surface area contributed by atoms with Crippen LogP contribution in [0.3, 0.4) is 0 Å². The Labute approximate surface area is 113 Å². The monoisotopic (exact) mass is 257 g/mol. The summed E-state index contributed by atoms with van der Waals surface area (Å²) in [4.78, 5) is 15.1. The highest BCUT2D eigenvalue weighted by Gasteiger charge is 2.21. The average molecular weight is 257 g/mol. The van der Waals surface area contributed by atoms with Crippen molar-refractivity contribution in [2.24, 2.45) is 0 Å². The first-order chi connectivity index (χ1) is 9.28. The molecule has 0 spiro atoms. The summed E-state index contributed by atoms with van der Waals surface area (Å²) >= 11 is 0. The molecule has 1 atom stereocenters. The number of ketones is 1. The fraction of sp³-hybridized carbons (Fsp3) is 0.438. The molecule has 100 valence electrons. The van der Waals surface area contributed by atoms with Crippen LogP contribution < -0.4 is 4.74 Å². The lowest BCUT2D eigenvalue weighted by Crippen LogP contribution is -2.03. The van der Waals surface area contributed by atoms with E-state index in [1.807, 2.05) is 12.1 Å². The molecule has 1 aliphatic rings. The van der Waals surface area contributed by atoms with Crippen LogP contribution >= 0.6 is 0 Å². The SMILES string of the molecule is COc1ccc2[nH]cc(C3CCCCC(=O)C3)c2c1. The fourth-order valence-electron chi connectivity index (χ4n) is 3.04. The number of hydrogen-bond acceptors (Lipinski definition) is 2. The predicted molar refractivity (Wildman–Crippen MR) is 75.7 cm³/mol. The zero-order valence-corrected chi connectivity index (χ0v) is 11.2. The van der Waals surface area contributed by atoms with Gasteiger partial charge in [0.05, 0.1) is 7.11 Å². The summed E-state index contributed by atoms with van der Waals surface area (Å²) in [5, 5.41) is 1.19. The number of aromatic amines is 1. The molecule has 0 amide bonds.